The highest BCUT2D eigenvalue weighted by atomic mass is 15.3. The van der Waals surface area contributed by atoms with E-state index in [1.165, 1.54) is 11.1 Å². The van der Waals surface area contributed by atoms with Gasteiger partial charge in [0.25, 0.3) is 0 Å². The van der Waals surface area contributed by atoms with Gasteiger partial charge in [-0.3, -0.25) is 0 Å². The molecule has 0 saturated carbocycles. The summed E-state index contributed by atoms with van der Waals surface area (Å²) >= 11 is 0. The van der Waals surface area contributed by atoms with E-state index in [9.17, 15) is 0 Å². The number of benzene rings is 1. The SMILES string of the molecule is Cc1ccc(-c2nc3c(c(NN)n2)CCC3)cc1. The molecule has 1 aliphatic rings. The number of hydrazine groups is 1. The van der Waals surface area contributed by atoms with E-state index < -0.39 is 0 Å². The van der Waals surface area contributed by atoms with Gasteiger partial charge in [0.1, 0.15) is 5.82 Å². The van der Waals surface area contributed by atoms with Crippen molar-refractivity contribution in [3.63, 3.8) is 0 Å². The maximum atomic E-state index is 5.55. The topological polar surface area (TPSA) is 63.8 Å². The predicted octanol–water partition coefficient (Wildman–Crippen LogP) is 2.23. The lowest BCUT2D eigenvalue weighted by Crippen LogP contribution is -2.12. The Hall–Kier alpha value is -1.94. The molecule has 4 nitrogen and oxygen atoms in total. The van der Waals surface area contributed by atoms with Crippen LogP contribution in [0.3, 0.4) is 0 Å². The molecule has 18 heavy (non-hydrogen) atoms. The van der Waals surface area contributed by atoms with Gasteiger partial charge in [-0.05, 0) is 26.2 Å². The zero-order chi connectivity index (χ0) is 12.5. The van der Waals surface area contributed by atoms with E-state index in [4.69, 9.17) is 5.84 Å². The molecule has 0 aliphatic heterocycles. The van der Waals surface area contributed by atoms with E-state index in [-0.39, 0.29) is 0 Å². The van der Waals surface area contributed by atoms with Crippen molar-refractivity contribution >= 4 is 5.82 Å². The Bertz CT molecular complexity index is 575. The minimum atomic E-state index is 0.753. The van der Waals surface area contributed by atoms with Crippen LogP contribution in [0.1, 0.15) is 23.2 Å². The monoisotopic (exact) mass is 240 g/mol. The van der Waals surface area contributed by atoms with Gasteiger partial charge in [-0.2, -0.15) is 0 Å². The Morgan fingerprint density at radius 2 is 1.89 bits per heavy atom. The molecule has 0 atom stereocenters. The molecule has 1 aromatic carbocycles. The van der Waals surface area contributed by atoms with Crippen molar-refractivity contribution in [2.45, 2.75) is 26.2 Å². The van der Waals surface area contributed by atoms with E-state index in [2.05, 4.69) is 34.5 Å². The fraction of sp³-hybridized carbons (Fsp3) is 0.286. The fourth-order valence-corrected chi connectivity index (χ4v) is 2.38. The fourth-order valence-electron chi connectivity index (χ4n) is 2.38. The van der Waals surface area contributed by atoms with Gasteiger partial charge >= 0.3 is 0 Å². The lowest BCUT2D eigenvalue weighted by Gasteiger charge is -2.09. The normalized spacial score (nSPS) is 13.4. The zero-order valence-electron chi connectivity index (χ0n) is 10.4. The summed E-state index contributed by atoms with van der Waals surface area (Å²) in [6.45, 7) is 2.07. The number of aromatic nitrogens is 2. The third-order valence-electron chi connectivity index (χ3n) is 3.38. The molecule has 0 bridgehead atoms. The summed E-state index contributed by atoms with van der Waals surface area (Å²) in [6.07, 6.45) is 3.17. The number of hydrogen-bond donors (Lipinski definition) is 2. The highest BCUT2D eigenvalue weighted by Crippen LogP contribution is 2.28. The molecule has 4 heteroatoms. The van der Waals surface area contributed by atoms with Crippen molar-refractivity contribution in [1.82, 2.24) is 9.97 Å². The minimum Gasteiger partial charge on any atom is -0.308 e. The molecule has 0 fully saturated rings. The summed E-state index contributed by atoms with van der Waals surface area (Å²) in [5, 5.41) is 0. The second kappa shape index (κ2) is 4.38. The number of nitrogens with zero attached hydrogens (tertiary/aromatic N) is 2. The average Bonchev–Trinajstić information content (AvgIpc) is 2.86. The van der Waals surface area contributed by atoms with Gasteiger partial charge in [-0.1, -0.05) is 29.8 Å². The summed E-state index contributed by atoms with van der Waals surface area (Å²) in [7, 11) is 0. The first-order valence-electron chi connectivity index (χ1n) is 6.21. The molecule has 0 unspecified atom stereocenters. The van der Waals surface area contributed by atoms with Crippen LogP contribution in [0.2, 0.25) is 0 Å². The van der Waals surface area contributed by atoms with E-state index >= 15 is 0 Å². The molecule has 92 valence electrons. The van der Waals surface area contributed by atoms with E-state index in [1.54, 1.807) is 0 Å². The quantitative estimate of drug-likeness (QED) is 0.624. The molecule has 3 N–H and O–H groups in total. The molecule has 0 radical (unpaired) electrons. The molecule has 2 aromatic rings. The van der Waals surface area contributed by atoms with Crippen LogP contribution in [0.5, 0.6) is 0 Å². The van der Waals surface area contributed by atoms with Crippen LogP contribution < -0.4 is 11.3 Å². The van der Waals surface area contributed by atoms with E-state index in [0.717, 1.165) is 42.2 Å². The molecular formula is C14H16N4. The number of anilines is 1. The Morgan fingerprint density at radius 1 is 1.11 bits per heavy atom. The molecule has 0 amide bonds. The largest absolute Gasteiger partial charge is 0.308 e. The Labute approximate surface area is 106 Å². The van der Waals surface area contributed by atoms with Gasteiger partial charge in [0.15, 0.2) is 5.82 Å². The lowest BCUT2D eigenvalue weighted by atomic mass is 10.1. The number of nitrogens with two attached hydrogens (primary N) is 1. The van der Waals surface area contributed by atoms with Gasteiger partial charge in [-0.15, -0.1) is 0 Å². The van der Waals surface area contributed by atoms with Crippen molar-refractivity contribution in [1.29, 1.82) is 0 Å². The molecular weight excluding hydrogens is 224 g/mol. The van der Waals surface area contributed by atoms with Gasteiger partial charge in [0, 0.05) is 16.8 Å². The van der Waals surface area contributed by atoms with Crippen LogP contribution in [0.4, 0.5) is 5.82 Å². The van der Waals surface area contributed by atoms with Crippen molar-refractivity contribution in [3.8, 4) is 11.4 Å². The first kappa shape index (κ1) is 11.2. The number of aryl methyl sites for hydroxylation is 2. The van der Waals surface area contributed by atoms with Crippen molar-refractivity contribution in [3.05, 3.63) is 41.1 Å². The number of fused-ring (bicyclic) bond motifs is 1. The summed E-state index contributed by atoms with van der Waals surface area (Å²) in [6, 6.07) is 8.24. The molecule has 0 spiro atoms. The van der Waals surface area contributed by atoms with Crippen molar-refractivity contribution < 1.29 is 0 Å². The smallest absolute Gasteiger partial charge is 0.161 e. The Morgan fingerprint density at radius 3 is 2.61 bits per heavy atom. The van der Waals surface area contributed by atoms with Gasteiger partial charge in [0.2, 0.25) is 0 Å². The zero-order valence-corrected chi connectivity index (χ0v) is 10.4. The second-order valence-electron chi connectivity index (χ2n) is 4.68. The molecule has 3 rings (SSSR count). The van der Waals surface area contributed by atoms with Crippen LogP contribution >= 0.6 is 0 Å². The van der Waals surface area contributed by atoms with Gasteiger partial charge < -0.3 is 5.43 Å². The molecule has 1 aromatic heterocycles. The second-order valence-corrected chi connectivity index (χ2v) is 4.68. The van der Waals surface area contributed by atoms with Gasteiger partial charge in [0.05, 0.1) is 0 Å². The highest BCUT2D eigenvalue weighted by Gasteiger charge is 2.19. The highest BCUT2D eigenvalue weighted by molar-refractivity contribution is 5.60. The minimum absolute atomic E-state index is 0.753. The Balaban J connectivity index is 2.10. The maximum Gasteiger partial charge on any atom is 0.161 e. The lowest BCUT2D eigenvalue weighted by molar-refractivity contribution is 0.900. The molecule has 1 heterocycles. The number of hydrogen-bond acceptors (Lipinski definition) is 4. The standard InChI is InChI=1S/C14H16N4/c1-9-5-7-10(8-6-9)13-16-12-4-2-3-11(12)14(17-13)18-15/h5-8H,2-4,15H2,1H3,(H,16,17,18). The van der Waals surface area contributed by atoms with Crippen LogP contribution in [0.25, 0.3) is 11.4 Å². The summed E-state index contributed by atoms with van der Waals surface area (Å²) in [5.74, 6) is 7.08. The third-order valence-corrected chi connectivity index (χ3v) is 3.38. The first-order chi connectivity index (χ1) is 8.78. The van der Waals surface area contributed by atoms with Crippen molar-refractivity contribution in [2.75, 3.05) is 5.43 Å². The molecule has 0 saturated heterocycles. The first-order valence-corrected chi connectivity index (χ1v) is 6.21. The van der Waals surface area contributed by atoms with E-state index in [0.29, 0.717) is 0 Å². The summed E-state index contributed by atoms with van der Waals surface area (Å²) in [5.41, 5.74) is 7.27. The number of rotatable bonds is 2. The van der Waals surface area contributed by atoms with E-state index in [1.807, 2.05) is 12.1 Å². The summed E-state index contributed by atoms with van der Waals surface area (Å²) < 4.78 is 0. The summed E-state index contributed by atoms with van der Waals surface area (Å²) in [4.78, 5) is 9.17. The van der Waals surface area contributed by atoms with Gasteiger partial charge in [-0.25, -0.2) is 15.8 Å². The van der Waals surface area contributed by atoms with Crippen LogP contribution in [-0.2, 0) is 12.8 Å². The average molecular weight is 240 g/mol. The van der Waals surface area contributed by atoms with Crippen molar-refractivity contribution in [2.24, 2.45) is 5.84 Å². The predicted molar refractivity (Wildman–Crippen MR) is 72.0 cm³/mol. The van der Waals surface area contributed by atoms with Crippen LogP contribution in [0.15, 0.2) is 24.3 Å². The number of nitrogen functional groups attached to an aromatic ring is 1. The molecule has 1 aliphatic carbocycles. The van der Waals surface area contributed by atoms with Crippen LogP contribution in [0, 0.1) is 6.92 Å². The Kier molecular flexibility index (Phi) is 2.72. The van der Waals surface area contributed by atoms with Crippen LogP contribution in [-0.4, -0.2) is 9.97 Å². The number of nitrogens with one attached hydrogen (secondary N) is 1. The maximum absolute atomic E-state index is 5.55. The third kappa shape index (κ3) is 1.84.